The maximum Gasteiger partial charge on any atom is 0.0595 e. The van der Waals surface area contributed by atoms with Crippen molar-refractivity contribution in [3.8, 4) is 0 Å². The highest BCUT2D eigenvalue weighted by Crippen LogP contribution is 2.27. The third-order valence-corrected chi connectivity index (χ3v) is 2.68. The average Bonchev–Trinajstić information content (AvgIpc) is 2.08. The minimum atomic E-state index is 0.444. The van der Waals surface area contributed by atoms with Crippen molar-refractivity contribution in [1.29, 1.82) is 0 Å². The Morgan fingerprint density at radius 2 is 2.00 bits per heavy atom. The highest BCUT2D eigenvalue weighted by molar-refractivity contribution is 6.42. The summed E-state index contributed by atoms with van der Waals surface area (Å²) in [6.07, 6.45) is 0.873. The van der Waals surface area contributed by atoms with Crippen LogP contribution in [0.3, 0.4) is 0 Å². The molecule has 1 aromatic carbocycles. The number of hydrogen-bond acceptors (Lipinski definition) is 0. The minimum Gasteiger partial charge on any atom is -0.0827 e. The summed E-state index contributed by atoms with van der Waals surface area (Å²) in [4.78, 5) is 0. The topological polar surface area (TPSA) is 0 Å². The molecule has 1 rings (SSSR count). The first-order chi connectivity index (χ1) is 5.65. The zero-order valence-electron chi connectivity index (χ0n) is 6.98. The molecule has 1 atom stereocenters. The van der Waals surface area contributed by atoms with E-state index in [1.54, 1.807) is 0 Å². The molecule has 0 saturated heterocycles. The van der Waals surface area contributed by atoms with Gasteiger partial charge >= 0.3 is 0 Å². The van der Waals surface area contributed by atoms with E-state index >= 15 is 0 Å². The molecule has 0 spiro atoms. The fraction of sp³-hybridized carbons (Fsp3) is 0.300. The molecule has 0 aliphatic heterocycles. The molecular formula is C10H11Cl2. The number of benzene rings is 1. The van der Waals surface area contributed by atoms with Crippen molar-refractivity contribution in [1.82, 2.24) is 0 Å². The molecule has 65 valence electrons. The van der Waals surface area contributed by atoms with Crippen LogP contribution in [0.1, 0.15) is 24.8 Å². The summed E-state index contributed by atoms with van der Waals surface area (Å²) in [5, 5.41) is 1.23. The van der Waals surface area contributed by atoms with Gasteiger partial charge in [-0.2, -0.15) is 0 Å². The summed E-state index contributed by atoms with van der Waals surface area (Å²) in [5.74, 6) is 0.444. The predicted octanol–water partition coefficient (Wildman–Crippen LogP) is 4.32. The van der Waals surface area contributed by atoms with Gasteiger partial charge in [0, 0.05) is 0 Å². The summed E-state index contributed by atoms with van der Waals surface area (Å²) < 4.78 is 0. The molecule has 0 N–H and O–H groups in total. The SMILES string of the molecule is [CH2]CC(C)c1ccc(Cl)c(Cl)c1. The summed E-state index contributed by atoms with van der Waals surface area (Å²) >= 11 is 11.6. The molecule has 0 amide bonds. The summed E-state index contributed by atoms with van der Waals surface area (Å²) in [7, 11) is 0. The van der Waals surface area contributed by atoms with Gasteiger partial charge in [-0.1, -0.05) is 43.1 Å². The van der Waals surface area contributed by atoms with Crippen LogP contribution in [0, 0.1) is 6.92 Å². The lowest BCUT2D eigenvalue weighted by atomic mass is 9.99. The average molecular weight is 202 g/mol. The van der Waals surface area contributed by atoms with Crippen LogP contribution < -0.4 is 0 Å². The molecule has 2 heteroatoms. The van der Waals surface area contributed by atoms with Crippen molar-refractivity contribution in [2.24, 2.45) is 0 Å². The van der Waals surface area contributed by atoms with Crippen LogP contribution in [0.4, 0.5) is 0 Å². The number of hydrogen-bond donors (Lipinski definition) is 0. The van der Waals surface area contributed by atoms with E-state index in [0.29, 0.717) is 16.0 Å². The zero-order chi connectivity index (χ0) is 9.14. The smallest absolute Gasteiger partial charge is 0.0595 e. The monoisotopic (exact) mass is 201 g/mol. The van der Waals surface area contributed by atoms with Gasteiger partial charge in [-0.05, 0) is 30.0 Å². The summed E-state index contributed by atoms with van der Waals surface area (Å²) in [6.45, 7) is 5.96. The Morgan fingerprint density at radius 3 is 2.50 bits per heavy atom. The van der Waals surface area contributed by atoms with E-state index in [9.17, 15) is 0 Å². The highest BCUT2D eigenvalue weighted by Gasteiger charge is 2.04. The Bertz CT molecular complexity index is 269. The Morgan fingerprint density at radius 1 is 1.33 bits per heavy atom. The summed E-state index contributed by atoms with van der Waals surface area (Å²) in [5.41, 5.74) is 1.19. The van der Waals surface area contributed by atoms with Crippen molar-refractivity contribution in [2.75, 3.05) is 0 Å². The third kappa shape index (κ3) is 2.15. The standard InChI is InChI=1S/C10H11Cl2/c1-3-7(2)8-4-5-9(11)10(12)6-8/h4-7H,1,3H2,2H3. The van der Waals surface area contributed by atoms with E-state index in [0.717, 1.165) is 6.42 Å². The maximum absolute atomic E-state index is 5.86. The van der Waals surface area contributed by atoms with Crippen LogP contribution in [0.15, 0.2) is 18.2 Å². The first-order valence-corrected chi connectivity index (χ1v) is 4.65. The van der Waals surface area contributed by atoms with Gasteiger partial charge < -0.3 is 0 Å². The van der Waals surface area contributed by atoms with Crippen LogP contribution in [0.25, 0.3) is 0 Å². The molecule has 0 aliphatic carbocycles. The van der Waals surface area contributed by atoms with Crippen LogP contribution in [-0.4, -0.2) is 0 Å². The fourth-order valence-corrected chi connectivity index (χ4v) is 1.29. The molecule has 0 nitrogen and oxygen atoms in total. The second-order valence-corrected chi connectivity index (χ2v) is 3.68. The van der Waals surface area contributed by atoms with Crippen molar-refractivity contribution >= 4 is 23.2 Å². The van der Waals surface area contributed by atoms with Gasteiger partial charge in [0.25, 0.3) is 0 Å². The van der Waals surface area contributed by atoms with E-state index in [4.69, 9.17) is 23.2 Å². The molecule has 1 unspecified atom stereocenters. The van der Waals surface area contributed by atoms with Crippen LogP contribution in [-0.2, 0) is 0 Å². The fourth-order valence-electron chi connectivity index (χ4n) is 0.986. The molecule has 0 aromatic heterocycles. The zero-order valence-corrected chi connectivity index (χ0v) is 8.49. The molecule has 1 aromatic rings. The largest absolute Gasteiger partial charge is 0.0827 e. The second kappa shape index (κ2) is 4.15. The predicted molar refractivity (Wildman–Crippen MR) is 54.9 cm³/mol. The van der Waals surface area contributed by atoms with Crippen LogP contribution >= 0.6 is 23.2 Å². The third-order valence-electron chi connectivity index (χ3n) is 1.95. The quantitative estimate of drug-likeness (QED) is 0.669. The van der Waals surface area contributed by atoms with E-state index < -0.39 is 0 Å². The Labute approximate surface area is 83.5 Å². The molecular weight excluding hydrogens is 191 g/mol. The maximum atomic E-state index is 5.86. The van der Waals surface area contributed by atoms with Gasteiger partial charge in [0.05, 0.1) is 10.0 Å². The molecule has 1 radical (unpaired) electrons. The molecule has 12 heavy (non-hydrogen) atoms. The Hall–Kier alpha value is -0.200. The number of halogens is 2. The lowest BCUT2D eigenvalue weighted by Crippen LogP contribution is -1.90. The number of rotatable bonds is 2. The van der Waals surface area contributed by atoms with Gasteiger partial charge in [0.2, 0.25) is 0 Å². The Kier molecular flexibility index (Phi) is 3.42. The van der Waals surface area contributed by atoms with Gasteiger partial charge in [-0.3, -0.25) is 0 Å². The highest BCUT2D eigenvalue weighted by atomic mass is 35.5. The normalized spacial score (nSPS) is 13.0. The second-order valence-electron chi connectivity index (χ2n) is 2.86. The lowest BCUT2D eigenvalue weighted by Gasteiger charge is -2.09. The molecule has 0 heterocycles. The van der Waals surface area contributed by atoms with E-state index in [2.05, 4.69) is 13.8 Å². The minimum absolute atomic E-state index is 0.444. The van der Waals surface area contributed by atoms with Crippen LogP contribution in [0.2, 0.25) is 10.0 Å². The molecule has 0 bridgehead atoms. The van der Waals surface area contributed by atoms with Crippen molar-refractivity contribution < 1.29 is 0 Å². The van der Waals surface area contributed by atoms with Crippen LogP contribution in [0.5, 0.6) is 0 Å². The van der Waals surface area contributed by atoms with Crippen molar-refractivity contribution in [2.45, 2.75) is 19.3 Å². The van der Waals surface area contributed by atoms with Gasteiger partial charge in [0.1, 0.15) is 0 Å². The van der Waals surface area contributed by atoms with E-state index in [-0.39, 0.29) is 0 Å². The molecule has 0 fully saturated rings. The lowest BCUT2D eigenvalue weighted by molar-refractivity contribution is 0.778. The van der Waals surface area contributed by atoms with E-state index in [1.807, 2.05) is 18.2 Å². The first kappa shape index (κ1) is 9.88. The molecule has 0 aliphatic rings. The molecule has 0 saturated carbocycles. The Balaban J connectivity index is 2.96. The van der Waals surface area contributed by atoms with Gasteiger partial charge in [-0.15, -0.1) is 0 Å². The van der Waals surface area contributed by atoms with Gasteiger partial charge in [0.15, 0.2) is 0 Å². The first-order valence-electron chi connectivity index (χ1n) is 3.89. The summed E-state index contributed by atoms with van der Waals surface area (Å²) in [6, 6.07) is 5.72. The van der Waals surface area contributed by atoms with Crippen molar-refractivity contribution in [3.05, 3.63) is 40.7 Å². The van der Waals surface area contributed by atoms with E-state index in [1.165, 1.54) is 5.56 Å². The van der Waals surface area contributed by atoms with Crippen molar-refractivity contribution in [3.63, 3.8) is 0 Å². The van der Waals surface area contributed by atoms with Gasteiger partial charge in [-0.25, -0.2) is 0 Å².